The number of hydrogen-bond acceptors (Lipinski definition) is 7. The van der Waals surface area contributed by atoms with Crippen LogP contribution in [0.15, 0.2) is 77.9 Å². The number of amides is 1. The first kappa shape index (κ1) is 21.2. The van der Waals surface area contributed by atoms with E-state index in [4.69, 9.17) is 9.47 Å². The number of rotatable bonds is 7. The van der Waals surface area contributed by atoms with Crippen molar-refractivity contribution in [2.24, 2.45) is 5.10 Å². The van der Waals surface area contributed by atoms with E-state index in [9.17, 15) is 19.7 Å². The average molecular weight is 419 g/mol. The molecule has 0 aliphatic carbocycles. The van der Waals surface area contributed by atoms with Crippen LogP contribution in [0.1, 0.15) is 26.3 Å². The van der Waals surface area contributed by atoms with Crippen LogP contribution in [0.3, 0.4) is 0 Å². The maximum atomic E-state index is 12.2. The highest BCUT2D eigenvalue weighted by molar-refractivity contribution is 5.95. The number of nitro benzene ring substituents is 1. The summed E-state index contributed by atoms with van der Waals surface area (Å²) < 4.78 is 10.2. The first-order valence-corrected chi connectivity index (χ1v) is 9.01. The topological polar surface area (TPSA) is 120 Å². The Bertz CT molecular complexity index is 1130. The second-order valence-electron chi connectivity index (χ2n) is 6.17. The number of nitrogens with zero attached hydrogens (tertiary/aromatic N) is 2. The van der Waals surface area contributed by atoms with Crippen molar-refractivity contribution >= 4 is 23.8 Å². The Morgan fingerprint density at radius 1 is 1.00 bits per heavy atom. The molecule has 0 aromatic heterocycles. The van der Waals surface area contributed by atoms with Crippen molar-refractivity contribution in [3.05, 3.63) is 99.6 Å². The summed E-state index contributed by atoms with van der Waals surface area (Å²) in [5, 5.41) is 15.2. The number of methoxy groups -OCH3 is 1. The number of hydrogen-bond donors (Lipinski definition) is 1. The molecule has 0 heterocycles. The summed E-state index contributed by atoms with van der Waals surface area (Å²) in [7, 11) is 1.52. The highest BCUT2D eigenvalue weighted by Crippen LogP contribution is 2.28. The van der Waals surface area contributed by atoms with E-state index < -0.39 is 22.5 Å². The molecule has 0 saturated carbocycles. The van der Waals surface area contributed by atoms with E-state index in [-0.39, 0.29) is 11.3 Å². The van der Waals surface area contributed by atoms with Gasteiger partial charge in [-0.15, -0.1) is 0 Å². The highest BCUT2D eigenvalue weighted by atomic mass is 16.6. The lowest BCUT2D eigenvalue weighted by Gasteiger charge is -2.06. The van der Waals surface area contributed by atoms with E-state index in [1.54, 1.807) is 54.6 Å². The molecule has 9 heteroatoms. The Kier molecular flexibility index (Phi) is 6.69. The lowest BCUT2D eigenvalue weighted by atomic mass is 10.2. The number of carbonyl (C=O) groups is 2. The molecule has 3 aromatic carbocycles. The van der Waals surface area contributed by atoms with Gasteiger partial charge in [0.25, 0.3) is 5.91 Å². The number of hydrazone groups is 1. The largest absolute Gasteiger partial charge is 0.497 e. The van der Waals surface area contributed by atoms with Crippen LogP contribution in [0, 0.1) is 10.1 Å². The second kappa shape index (κ2) is 9.79. The van der Waals surface area contributed by atoms with Gasteiger partial charge in [0.05, 0.1) is 23.8 Å². The van der Waals surface area contributed by atoms with Crippen LogP contribution in [0.4, 0.5) is 5.69 Å². The summed E-state index contributed by atoms with van der Waals surface area (Å²) in [6.45, 7) is 0. The molecule has 1 amide bonds. The molecule has 0 aliphatic rings. The van der Waals surface area contributed by atoms with Crippen LogP contribution < -0.4 is 14.9 Å². The number of carbonyl (C=O) groups excluding carboxylic acids is 2. The van der Waals surface area contributed by atoms with Gasteiger partial charge in [0, 0.05) is 17.2 Å². The Morgan fingerprint density at radius 3 is 2.35 bits per heavy atom. The summed E-state index contributed by atoms with van der Waals surface area (Å²) in [5.74, 6) is -0.752. The predicted octanol–water partition coefficient (Wildman–Crippen LogP) is 3.59. The second-order valence-corrected chi connectivity index (χ2v) is 6.17. The fraction of sp³-hybridized carbons (Fsp3) is 0.0455. The number of nitro groups is 1. The molecule has 31 heavy (non-hydrogen) atoms. The number of nitrogens with one attached hydrogen (secondary N) is 1. The lowest BCUT2D eigenvalue weighted by Crippen LogP contribution is -2.17. The van der Waals surface area contributed by atoms with Crippen molar-refractivity contribution in [1.82, 2.24) is 5.43 Å². The van der Waals surface area contributed by atoms with Gasteiger partial charge in [-0.05, 0) is 48.5 Å². The first-order valence-electron chi connectivity index (χ1n) is 9.01. The zero-order chi connectivity index (χ0) is 22.2. The fourth-order valence-corrected chi connectivity index (χ4v) is 2.55. The van der Waals surface area contributed by atoms with E-state index in [0.717, 1.165) is 0 Å². The van der Waals surface area contributed by atoms with E-state index in [0.29, 0.717) is 16.9 Å². The molecule has 156 valence electrons. The smallest absolute Gasteiger partial charge is 0.343 e. The van der Waals surface area contributed by atoms with Crippen LogP contribution in [0.25, 0.3) is 0 Å². The number of benzene rings is 3. The van der Waals surface area contributed by atoms with E-state index in [1.807, 2.05) is 0 Å². The standard InChI is InChI=1S/C22H17N3O6/c1-30-18-10-8-16(9-11-18)21(26)24-23-14-15-7-12-20(19(13-15)25(28)29)31-22(27)17-5-3-2-4-6-17/h2-14H,1H3,(H,24,26)/b23-14-. The molecule has 0 radical (unpaired) electrons. The molecular formula is C22H17N3O6. The summed E-state index contributed by atoms with van der Waals surface area (Å²) >= 11 is 0. The van der Waals surface area contributed by atoms with Gasteiger partial charge in [-0.3, -0.25) is 14.9 Å². The first-order chi connectivity index (χ1) is 15.0. The van der Waals surface area contributed by atoms with E-state index in [1.165, 1.54) is 31.5 Å². The SMILES string of the molecule is COc1ccc(C(=O)N/N=C\c2ccc(OC(=O)c3ccccc3)c([N+](=O)[O-])c2)cc1. The molecule has 0 aliphatic heterocycles. The van der Waals surface area contributed by atoms with Gasteiger partial charge in [0.2, 0.25) is 5.75 Å². The monoisotopic (exact) mass is 419 g/mol. The molecule has 9 nitrogen and oxygen atoms in total. The lowest BCUT2D eigenvalue weighted by molar-refractivity contribution is -0.385. The van der Waals surface area contributed by atoms with Crippen molar-refractivity contribution in [2.75, 3.05) is 7.11 Å². The molecule has 0 spiro atoms. The molecule has 0 fully saturated rings. The molecule has 0 saturated heterocycles. The van der Waals surface area contributed by atoms with Crippen molar-refractivity contribution in [3.63, 3.8) is 0 Å². The Labute approximate surface area is 177 Å². The summed E-state index contributed by atoms with van der Waals surface area (Å²) in [5.41, 5.74) is 2.90. The zero-order valence-electron chi connectivity index (χ0n) is 16.3. The van der Waals surface area contributed by atoms with Gasteiger partial charge in [0.1, 0.15) is 5.75 Å². The minimum absolute atomic E-state index is 0.196. The van der Waals surface area contributed by atoms with Crippen LogP contribution >= 0.6 is 0 Å². The normalized spacial score (nSPS) is 10.5. The Morgan fingerprint density at radius 2 is 1.71 bits per heavy atom. The maximum Gasteiger partial charge on any atom is 0.343 e. The van der Waals surface area contributed by atoms with Crippen molar-refractivity contribution in [1.29, 1.82) is 0 Å². The van der Waals surface area contributed by atoms with E-state index >= 15 is 0 Å². The zero-order valence-corrected chi connectivity index (χ0v) is 16.3. The van der Waals surface area contributed by atoms with Gasteiger partial charge in [-0.1, -0.05) is 18.2 Å². The molecule has 1 N–H and O–H groups in total. The summed E-state index contributed by atoms with van der Waals surface area (Å²) in [6.07, 6.45) is 1.25. The maximum absolute atomic E-state index is 12.2. The quantitative estimate of drug-likeness (QED) is 0.205. The summed E-state index contributed by atoms with van der Waals surface area (Å²) in [4.78, 5) is 35.0. The highest BCUT2D eigenvalue weighted by Gasteiger charge is 2.19. The third-order valence-electron chi connectivity index (χ3n) is 4.12. The number of ether oxygens (including phenoxy) is 2. The molecular weight excluding hydrogens is 402 g/mol. The fourth-order valence-electron chi connectivity index (χ4n) is 2.55. The molecule has 3 aromatic rings. The molecule has 3 rings (SSSR count). The van der Waals surface area contributed by atoms with Crippen molar-refractivity contribution in [3.8, 4) is 11.5 Å². The van der Waals surface area contributed by atoms with Crippen LogP contribution in [-0.2, 0) is 0 Å². The Hall–Kier alpha value is -4.53. The molecule has 0 unspecified atom stereocenters. The van der Waals surface area contributed by atoms with Crippen molar-refractivity contribution < 1.29 is 24.0 Å². The predicted molar refractivity (Wildman–Crippen MR) is 113 cm³/mol. The molecule has 0 atom stereocenters. The average Bonchev–Trinajstić information content (AvgIpc) is 2.80. The van der Waals surface area contributed by atoms with Crippen LogP contribution in [-0.4, -0.2) is 30.1 Å². The third-order valence-corrected chi connectivity index (χ3v) is 4.12. The van der Waals surface area contributed by atoms with Gasteiger partial charge >= 0.3 is 11.7 Å². The molecule has 0 bridgehead atoms. The number of esters is 1. The van der Waals surface area contributed by atoms with Crippen LogP contribution in [0.5, 0.6) is 11.5 Å². The van der Waals surface area contributed by atoms with Gasteiger partial charge in [-0.2, -0.15) is 5.10 Å². The van der Waals surface area contributed by atoms with Crippen molar-refractivity contribution in [2.45, 2.75) is 0 Å². The minimum atomic E-state index is -0.711. The third kappa shape index (κ3) is 5.51. The minimum Gasteiger partial charge on any atom is -0.497 e. The van der Waals surface area contributed by atoms with Gasteiger partial charge < -0.3 is 9.47 Å². The van der Waals surface area contributed by atoms with E-state index in [2.05, 4.69) is 10.5 Å². The Balaban J connectivity index is 1.70. The summed E-state index contributed by atoms with van der Waals surface area (Å²) in [6, 6.07) is 18.5. The van der Waals surface area contributed by atoms with Gasteiger partial charge in [-0.25, -0.2) is 10.2 Å². The van der Waals surface area contributed by atoms with Crippen LogP contribution in [0.2, 0.25) is 0 Å². The van der Waals surface area contributed by atoms with Gasteiger partial charge in [0.15, 0.2) is 0 Å².